The second-order valence-electron chi connectivity index (χ2n) is 5.35. The summed E-state index contributed by atoms with van der Waals surface area (Å²) in [5.41, 5.74) is 2.23. The van der Waals surface area contributed by atoms with Crippen LogP contribution < -0.4 is 10.2 Å². The average Bonchev–Trinajstić information content (AvgIpc) is 2.66. The van der Waals surface area contributed by atoms with Crippen LogP contribution in [0.4, 0.5) is 11.4 Å². The van der Waals surface area contributed by atoms with Crippen LogP contribution >= 0.6 is 0 Å². The van der Waals surface area contributed by atoms with Gasteiger partial charge in [-0.15, -0.1) is 0 Å². The zero-order valence-electron chi connectivity index (χ0n) is 14.6. The van der Waals surface area contributed by atoms with E-state index < -0.39 is 8.80 Å². The van der Waals surface area contributed by atoms with E-state index in [2.05, 4.69) is 34.5 Å². The van der Waals surface area contributed by atoms with Crippen molar-refractivity contribution in [3.63, 3.8) is 0 Å². The van der Waals surface area contributed by atoms with Gasteiger partial charge in [0, 0.05) is 45.8 Å². The molecule has 0 saturated heterocycles. The van der Waals surface area contributed by atoms with Gasteiger partial charge in [-0.25, -0.2) is 0 Å². The summed E-state index contributed by atoms with van der Waals surface area (Å²) in [5, 5.41) is 3.44. The molecule has 5 nitrogen and oxygen atoms in total. The van der Waals surface area contributed by atoms with Crippen LogP contribution in [0.25, 0.3) is 0 Å². The first-order valence-corrected chi connectivity index (χ1v) is 9.90. The van der Waals surface area contributed by atoms with E-state index in [0.717, 1.165) is 24.5 Å². The fourth-order valence-electron chi connectivity index (χ4n) is 2.51. The maximum Gasteiger partial charge on any atom is 0.520 e. The van der Waals surface area contributed by atoms with Crippen LogP contribution in [0, 0.1) is 0 Å². The van der Waals surface area contributed by atoms with Crippen LogP contribution in [0.15, 0.2) is 60.7 Å². The zero-order valence-corrected chi connectivity index (χ0v) is 15.6. The number of benzene rings is 2. The fourth-order valence-corrected chi connectivity index (χ4v) is 4.20. The molecule has 0 radical (unpaired) electrons. The summed E-state index contributed by atoms with van der Waals surface area (Å²) >= 11 is 0. The molecule has 0 atom stereocenters. The van der Waals surface area contributed by atoms with Gasteiger partial charge in [-0.2, -0.15) is 0 Å². The lowest BCUT2D eigenvalue weighted by atomic mass is 10.3. The third-order valence-corrected chi connectivity index (χ3v) is 6.56. The topological polar surface area (TPSA) is 43.0 Å². The van der Waals surface area contributed by atoms with E-state index in [1.807, 2.05) is 36.4 Å². The highest BCUT2D eigenvalue weighted by molar-refractivity contribution is 6.61. The minimum absolute atomic E-state index is 0.594. The zero-order chi connectivity index (χ0) is 17.3. The van der Waals surface area contributed by atoms with Crippen LogP contribution in [0.3, 0.4) is 0 Å². The minimum Gasteiger partial charge on any atom is -0.383 e. The number of anilines is 2. The highest BCUT2D eigenvalue weighted by Crippen LogP contribution is 2.17. The van der Waals surface area contributed by atoms with Crippen molar-refractivity contribution in [1.29, 1.82) is 0 Å². The summed E-state index contributed by atoms with van der Waals surface area (Å²) in [4.78, 5) is 2.23. The Hall–Kier alpha value is -1.86. The summed E-state index contributed by atoms with van der Waals surface area (Å²) < 4.78 is 16.8. The monoisotopic (exact) mass is 346 g/mol. The third-order valence-electron chi connectivity index (χ3n) is 3.92. The second kappa shape index (κ2) is 9.44. The summed E-state index contributed by atoms with van der Waals surface area (Å²) in [7, 11) is 2.24. The molecule has 0 fully saturated rings. The van der Waals surface area contributed by atoms with E-state index in [-0.39, 0.29) is 0 Å². The molecule has 0 saturated carbocycles. The molecule has 130 valence electrons. The number of nitrogens with one attached hydrogen (secondary N) is 1. The van der Waals surface area contributed by atoms with Crippen LogP contribution in [0.5, 0.6) is 0 Å². The van der Waals surface area contributed by atoms with Crippen molar-refractivity contribution in [1.82, 2.24) is 0 Å². The summed E-state index contributed by atoms with van der Waals surface area (Å²) in [6.45, 7) is 1.62. The van der Waals surface area contributed by atoms with Gasteiger partial charge < -0.3 is 23.5 Å². The van der Waals surface area contributed by atoms with Crippen LogP contribution in [0.1, 0.15) is 0 Å². The summed E-state index contributed by atoms with van der Waals surface area (Å²) in [6.07, 6.45) is 0.594. The van der Waals surface area contributed by atoms with Gasteiger partial charge in [-0.1, -0.05) is 36.4 Å². The lowest BCUT2D eigenvalue weighted by Gasteiger charge is -2.32. The Balaban J connectivity index is 2.06. The number of nitrogens with zero attached hydrogens (tertiary/aromatic N) is 1. The van der Waals surface area contributed by atoms with Crippen LogP contribution in [-0.4, -0.2) is 49.4 Å². The van der Waals surface area contributed by atoms with Crippen molar-refractivity contribution in [2.24, 2.45) is 0 Å². The van der Waals surface area contributed by atoms with Crippen LogP contribution in [-0.2, 0) is 13.3 Å². The van der Waals surface area contributed by atoms with E-state index in [0.29, 0.717) is 6.17 Å². The van der Waals surface area contributed by atoms with E-state index in [1.165, 1.54) is 0 Å². The summed E-state index contributed by atoms with van der Waals surface area (Å²) in [5.74, 6) is 0. The predicted octanol–water partition coefficient (Wildman–Crippen LogP) is 3.02. The fraction of sp³-hybridized carbons (Fsp3) is 0.333. The molecule has 0 unspecified atom stereocenters. The van der Waals surface area contributed by atoms with Crippen molar-refractivity contribution in [3.8, 4) is 0 Å². The van der Waals surface area contributed by atoms with Gasteiger partial charge in [0.1, 0.15) is 0 Å². The Morgan fingerprint density at radius 1 is 0.833 bits per heavy atom. The number of rotatable bonds is 10. The van der Waals surface area contributed by atoms with E-state index in [4.69, 9.17) is 13.3 Å². The van der Waals surface area contributed by atoms with Crippen LogP contribution in [0.2, 0.25) is 0 Å². The Labute approximate surface area is 145 Å². The highest BCUT2D eigenvalue weighted by atomic mass is 28.4. The molecule has 0 aliphatic carbocycles. The lowest BCUT2D eigenvalue weighted by Crippen LogP contribution is -2.54. The lowest BCUT2D eigenvalue weighted by molar-refractivity contribution is 0.124. The first kappa shape index (κ1) is 18.5. The maximum atomic E-state index is 5.59. The van der Waals surface area contributed by atoms with Crippen molar-refractivity contribution >= 4 is 20.2 Å². The Morgan fingerprint density at radius 3 is 1.92 bits per heavy atom. The molecular weight excluding hydrogens is 320 g/mol. The number of hydrogen-bond donors (Lipinski definition) is 1. The molecular formula is C18H26N2O3Si. The molecule has 0 aromatic heterocycles. The first-order valence-electron chi connectivity index (χ1n) is 7.97. The standard InChI is InChI=1S/C18H26N2O3Si/c1-21-24(22-2,23-3)16-20(18-12-8-5-9-13-18)15-14-19-17-10-6-4-7-11-17/h4-13,19H,14-16H2,1-3H3. The smallest absolute Gasteiger partial charge is 0.383 e. The van der Waals surface area contributed by atoms with Gasteiger partial charge in [0.25, 0.3) is 0 Å². The molecule has 6 heteroatoms. The van der Waals surface area contributed by atoms with Gasteiger partial charge >= 0.3 is 8.80 Å². The van der Waals surface area contributed by atoms with Crippen molar-refractivity contribution in [2.45, 2.75) is 0 Å². The molecule has 0 aliphatic rings. The SMILES string of the molecule is CO[Si](CN(CCNc1ccccc1)c1ccccc1)(OC)OC. The summed E-state index contributed by atoms with van der Waals surface area (Å²) in [6, 6.07) is 20.4. The molecule has 0 aliphatic heterocycles. The normalized spacial score (nSPS) is 11.3. The van der Waals surface area contributed by atoms with Gasteiger partial charge in [-0.3, -0.25) is 0 Å². The molecule has 0 amide bonds. The average molecular weight is 347 g/mol. The Bertz CT molecular complexity index is 571. The van der Waals surface area contributed by atoms with Gasteiger partial charge in [-0.05, 0) is 24.3 Å². The Morgan fingerprint density at radius 2 is 1.38 bits per heavy atom. The van der Waals surface area contributed by atoms with E-state index in [9.17, 15) is 0 Å². The van der Waals surface area contributed by atoms with Gasteiger partial charge in [0.15, 0.2) is 0 Å². The van der Waals surface area contributed by atoms with Gasteiger partial charge in [0.05, 0.1) is 6.17 Å². The van der Waals surface area contributed by atoms with E-state index >= 15 is 0 Å². The number of para-hydroxylation sites is 2. The predicted molar refractivity (Wildman–Crippen MR) is 100 cm³/mol. The third kappa shape index (κ3) is 5.07. The molecule has 0 bridgehead atoms. The molecule has 1 N–H and O–H groups in total. The van der Waals surface area contributed by atoms with Crippen molar-refractivity contribution in [3.05, 3.63) is 60.7 Å². The van der Waals surface area contributed by atoms with Crippen molar-refractivity contribution < 1.29 is 13.3 Å². The largest absolute Gasteiger partial charge is 0.520 e. The highest BCUT2D eigenvalue weighted by Gasteiger charge is 2.40. The van der Waals surface area contributed by atoms with Gasteiger partial charge in [0.2, 0.25) is 0 Å². The first-order chi connectivity index (χ1) is 11.7. The molecule has 0 spiro atoms. The number of hydrogen-bond acceptors (Lipinski definition) is 5. The van der Waals surface area contributed by atoms with E-state index in [1.54, 1.807) is 21.3 Å². The molecule has 24 heavy (non-hydrogen) atoms. The second-order valence-corrected chi connectivity index (χ2v) is 8.25. The quantitative estimate of drug-likeness (QED) is 0.670. The molecule has 0 heterocycles. The maximum absolute atomic E-state index is 5.59. The minimum atomic E-state index is -2.69. The molecule has 2 aromatic carbocycles. The Kier molecular flexibility index (Phi) is 7.26. The molecule has 2 rings (SSSR count). The van der Waals surface area contributed by atoms with Crippen molar-refractivity contribution in [2.75, 3.05) is 50.8 Å². The molecule has 2 aromatic rings.